The molecule has 3 N–H and O–H groups in total. The smallest absolute Gasteiger partial charge is 0.203 e. The van der Waals surface area contributed by atoms with Crippen LogP contribution in [-0.2, 0) is 13.0 Å². The second-order valence-electron chi connectivity index (χ2n) is 5.88. The Labute approximate surface area is 156 Å². The second kappa shape index (κ2) is 6.57. The van der Waals surface area contributed by atoms with Gasteiger partial charge < -0.3 is 5.73 Å². The zero-order valence-electron chi connectivity index (χ0n) is 13.5. The molecule has 128 valence electrons. The number of nitrogens with two attached hydrogens (primary N) is 1. The lowest BCUT2D eigenvalue weighted by Gasteiger charge is -2.04. The maximum atomic E-state index is 9.09. The van der Waals surface area contributed by atoms with Crippen molar-refractivity contribution in [2.45, 2.75) is 13.0 Å². The molecule has 8 nitrogen and oxygen atoms in total. The SMILES string of the molecule is N#Cc1cc(Br)cc(Cn2cc(Cc3cc(N)nc4n[nH]nc34)cn2)c1. The lowest BCUT2D eigenvalue weighted by molar-refractivity contribution is 0.686. The quantitative estimate of drug-likeness (QED) is 0.534. The fraction of sp³-hybridized carbons (Fsp3) is 0.118. The Kier molecular flexibility index (Phi) is 4.10. The van der Waals surface area contributed by atoms with Gasteiger partial charge >= 0.3 is 0 Å². The van der Waals surface area contributed by atoms with Gasteiger partial charge in [0.25, 0.3) is 0 Å². The van der Waals surface area contributed by atoms with Crippen LogP contribution in [0.25, 0.3) is 11.2 Å². The number of benzene rings is 1. The Bertz CT molecular complexity index is 1140. The van der Waals surface area contributed by atoms with Crippen LogP contribution in [0.4, 0.5) is 5.82 Å². The summed E-state index contributed by atoms with van der Waals surface area (Å²) >= 11 is 3.43. The Morgan fingerprint density at radius 2 is 2.08 bits per heavy atom. The van der Waals surface area contributed by atoms with Gasteiger partial charge in [0.1, 0.15) is 11.3 Å². The lowest BCUT2D eigenvalue weighted by Crippen LogP contribution is -2.00. The molecule has 0 bridgehead atoms. The average molecular weight is 409 g/mol. The Balaban J connectivity index is 1.58. The minimum atomic E-state index is 0.409. The van der Waals surface area contributed by atoms with E-state index in [2.05, 4.69) is 47.5 Å². The van der Waals surface area contributed by atoms with Crippen LogP contribution >= 0.6 is 15.9 Å². The van der Waals surface area contributed by atoms with Crippen LogP contribution in [-0.4, -0.2) is 30.2 Å². The molecule has 0 saturated heterocycles. The Morgan fingerprint density at radius 1 is 1.19 bits per heavy atom. The third kappa shape index (κ3) is 3.27. The lowest BCUT2D eigenvalue weighted by atomic mass is 10.1. The van der Waals surface area contributed by atoms with Gasteiger partial charge in [-0.25, -0.2) is 4.98 Å². The van der Waals surface area contributed by atoms with Gasteiger partial charge in [-0.2, -0.15) is 20.7 Å². The maximum absolute atomic E-state index is 9.09. The number of nitriles is 1. The van der Waals surface area contributed by atoms with Crippen molar-refractivity contribution in [3.63, 3.8) is 0 Å². The number of nitrogens with zero attached hydrogens (tertiary/aromatic N) is 6. The van der Waals surface area contributed by atoms with Crippen LogP contribution in [0.5, 0.6) is 0 Å². The molecule has 0 atom stereocenters. The number of hydrogen-bond donors (Lipinski definition) is 2. The highest BCUT2D eigenvalue weighted by atomic mass is 79.9. The average Bonchev–Trinajstić information content (AvgIpc) is 3.23. The molecular weight excluding hydrogens is 396 g/mol. The molecule has 3 heterocycles. The number of H-pyrrole nitrogens is 1. The van der Waals surface area contributed by atoms with E-state index in [0.717, 1.165) is 21.2 Å². The van der Waals surface area contributed by atoms with Crippen molar-refractivity contribution < 1.29 is 0 Å². The molecule has 0 aliphatic heterocycles. The minimum absolute atomic E-state index is 0.409. The number of pyridine rings is 1. The number of halogens is 1. The van der Waals surface area contributed by atoms with Gasteiger partial charge in [0.2, 0.25) is 5.65 Å². The molecule has 0 radical (unpaired) electrons. The molecule has 0 aliphatic rings. The van der Waals surface area contributed by atoms with Gasteiger partial charge in [-0.05, 0) is 41.0 Å². The monoisotopic (exact) mass is 408 g/mol. The van der Waals surface area contributed by atoms with E-state index in [1.165, 1.54) is 0 Å². The van der Waals surface area contributed by atoms with E-state index in [9.17, 15) is 0 Å². The normalized spacial score (nSPS) is 10.9. The van der Waals surface area contributed by atoms with Crippen molar-refractivity contribution in [1.82, 2.24) is 30.2 Å². The van der Waals surface area contributed by atoms with Crippen molar-refractivity contribution in [2.75, 3.05) is 5.73 Å². The Morgan fingerprint density at radius 3 is 2.92 bits per heavy atom. The summed E-state index contributed by atoms with van der Waals surface area (Å²) in [6.45, 7) is 0.575. The molecule has 0 aliphatic carbocycles. The summed E-state index contributed by atoms with van der Waals surface area (Å²) in [6.07, 6.45) is 4.40. The molecule has 4 rings (SSSR count). The first-order valence-electron chi connectivity index (χ1n) is 7.77. The van der Waals surface area contributed by atoms with Crippen molar-refractivity contribution in [1.29, 1.82) is 5.26 Å². The fourth-order valence-corrected chi connectivity index (χ4v) is 3.39. The topological polar surface area (TPSA) is 122 Å². The van der Waals surface area contributed by atoms with E-state index in [0.29, 0.717) is 35.5 Å². The van der Waals surface area contributed by atoms with E-state index in [1.54, 1.807) is 12.1 Å². The number of hydrogen-bond acceptors (Lipinski definition) is 6. The third-order valence-corrected chi connectivity index (χ3v) is 4.36. The molecule has 9 heteroatoms. The third-order valence-electron chi connectivity index (χ3n) is 3.90. The molecule has 1 aromatic carbocycles. The Hall–Kier alpha value is -3.25. The molecule has 26 heavy (non-hydrogen) atoms. The van der Waals surface area contributed by atoms with Gasteiger partial charge in [0, 0.05) is 17.1 Å². The summed E-state index contributed by atoms with van der Waals surface area (Å²) in [5, 5.41) is 24.2. The van der Waals surface area contributed by atoms with Gasteiger partial charge in [-0.3, -0.25) is 4.68 Å². The van der Waals surface area contributed by atoms with E-state index in [-0.39, 0.29) is 0 Å². The molecule has 0 fully saturated rings. The number of anilines is 1. The molecule has 0 spiro atoms. The van der Waals surface area contributed by atoms with Gasteiger partial charge in [0.05, 0.1) is 24.4 Å². The van der Waals surface area contributed by atoms with Crippen molar-refractivity contribution in [2.24, 2.45) is 0 Å². The van der Waals surface area contributed by atoms with Crippen LogP contribution in [0.1, 0.15) is 22.3 Å². The standard InChI is InChI=1S/C17H13BrN8/c18-14-3-10(6-19)1-11(4-14)8-26-9-12(7-21-26)2-13-5-15(20)22-17-16(13)23-25-24-17/h1,3-5,7,9H,2,8H2,(H3,20,22,23,24,25). The molecule has 4 aromatic rings. The number of nitrogens with one attached hydrogen (secondary N) is 1. The van der Waals surface area contributed by atoms with E-state index >= 15 is 0 Å². The van der Waals surface area contributed by atoms with Crippen molar-refractivity contribution in [3.05, 3.63) is 63.4 Å². The number of nitrogen functional groups attached to an aromatic ring is 1. The number of fused-ring (bicyclic) bond motifs is 1. The number of aromatic amines is 1. The number of rotatable bonds is 4. The summed E-state index contributed by atoms with van der Waals surface area (Å²) in [7, 11) is 0. The van der Waals surface area contributed by atoms with Crippen molar-refractivity contribution >= 4 is 32.9 Å². The first-order valence-corrected chi connectivity index (χ1v) is 8.57. The van der Waals surface area contributed by atoms with Crippen LogP contribution < -0.4 is 5.73 Å². The highest BCUT2D eigenvalue weighted by Crippen LogP contribution is 2.20. The minimum Gasteiger partial charge on any atom is -0.384 e. The largest absolute Gasteiger partial charge is 0.384 e. The molecule has 0 amide bonds. The first-order chi connectivity index (χ1) is 12.6. The highest BCUT2D eigenvalue weighted by molar-refractivity contribution is 9.10. The van der Waals surface area contributed by atoms with Crippen LogP contribution in [0.2, 0.25) is 0 Å². The fourth-order valence-electron chi connectivity index (χ4n) is 2.85. The summed E-state index contributed by atoms with van der Waals surface area (Å²) < 4.78 is 2.71. The van der Waals surface area contributed by atoms with Crippen molar-refractivity contribution in [3.8, 4) is 6.07 Å². The highest BCUT2D eigenvalue weighted by Gasteiger charge is 2.10. The van der Waals surface area contributed by atoms with Gasteiger partial charge in [0.15, 0.2) is 0 Å². The predicted octanol–water partition coefficient (Wildman–Crippen LogP) is 2.40. The molecular formula is C17H13BrN8. The summed E-state index contributed by atoms with van der Waals surface area (Å²) in [5.74, 6) is 0.409. The van der Waals surface area contributed by atoms with E-state index in [1.807, 2.05) is 29.2 Å². The number of aromatic nitrogens is 6. The maximum Gasteiger partial charge on any atom is 0.203 e. The molecule has 0 saturated carbocycles. The summed E-state index contributed by atoms with van der Waals surface area (Å²) in [5.41, 5.74) is 10.6. The van der Waals surface area contributed by atoms with Crippen LogP contribution in [0.15, 0.2) is 41.1 Å². The molecule has 3 aromatic heterocycles. The van der Waals surface area contributed by atoms with Crippen LogP contribution in [0, 0.1) is 11.3 Å². The van der Waals surface area contributed by atoms with E-state index < -0.39 is 0 Å². The zero-order chi connectivity index (χ0) is 18.1. The second-order valence-corrected chi connectivity index (χ2v) is 6.80. The predicted molar refractivity (Wildman–Crippen MR) is 99.1 cm³/mol. The van der Waals surface area contributed by atoms with E-state index in [4.69, 9.17) is 11.0 Å². The summed E-state index contributed by atoms with van der Waals surface area (Å²) in [4.78, 5) is 4.14. The first kappa shape index (κ1) is 16.2. The zero-order valence-corrected chi connectivity index (χ0v) is 15.1. The summed E-state index contributed by atoms with van der Waals surface area (Å²) in [6, 6.07) is 9.58. The van der Waals surface area contributed by atoms with Gasteiger partial charge in [-0.1, -0.05) is 15.9 Å². The van der Waals surface area contributed by atoms with Crippen LogP contribution in [0.3, 0.4) is 0 Å². The molecule has 0 unspecified atom stereocenters. The van der Waals surface area contributed by atoms with Gasteiger partial charge in [-0.15, -0.1) is 5.10 Å².